The summed E-state index contributed by atoms with van der Waals surface area (Å²) in [5, 5.41) is 3.85. The molecule has 0 spiro atoms. The number of rotatable bonds is 3. The van der Waals surface area contributed by atoms with Gasteiger partial charge in [-0.2, -0.15) is 0 Å². The van der Waals surface area contributed by atoms with Crippen molar-refractivity contribution < 1.29 is 0 Å². The molecule has 0 aromatic heterocycles. The Morgan fingerprint density at radius 2 is 1.80 bits per heavy atom. The molecule has 2 unspecified atom stereocenters. The lowest BCUT2D eigenvalue weighted by Crippen LogP contribution is -2.25. The first-order valence-corrected chi connectivity index (χ1v) is 8.16. The third kappa shape index (κ3) is 2.79. The Labute approximate surface area is 123 Å². The van der Waals surface area contributed by atoms with Crippen LogP contribution in [0.5, 0.6) is 0 Å². The first kappa shape index (κ1) is 13.8. The van der Waals surface area contributed by atoms with Gasteiger partial charge in [-0.05, 0) is 49.1 Å². The first-order valence-electron chi connectivity index (χ1n) is 8.16. The fourth-order valence-electron chi connectivity index (χ4n) is 4.12. The Hall–Kier alpha value is -1.18. The van der Waals surface area contributed by atoms with Gasteiger partial charge in [-0.3, -0.25) is 0 Å². The van der Waals surface area contributed by atoms with Crippen molar-refractivity contribution in [2.45, 2.75) is 52.5 Å². The van der Waals surface area contributed by atoms with Gasteiger partial charge < -0.3 is 10.2 Å². The highest BCUT2D eigenvalue weighted by atomic mass is 15.2. The maximum Gasteiger partial charge on any atom is 0.0602 e. The molecule has 1 aliphatic carbocycles. The van der Waals surface area contributed by atoms with Crippen LogP contribution in [0, 0.1) is 11.3 Å². The normalized spacial score (nSPS) is 28.9. The monoisotopic (exact) mass is 272 g/mol. The summed E-state index contributed by atoms with van der Waals surface area (Å²) in [5.41, 5.74) is 3.23. The van der Waals surface area contributed by atoms with Gasteiger partial charge in [0.05, 0.1) is 11.4 Å². The van der Waals surface area contributed by atoms with Crippen LogP contribution in [-0.2, 0) is 0 Å². The van der Waals surface area contributed by atoms with Gasteiger partial charge in [0.2, 0.25) is 0 Å². The molecule has 1 saturated carbocycles. The molecule has 110 valence electrons. The summed E-state index contributed by atoms with van der Waals surface area (Å²) in [6.07, 6.45) is 5.28. The lowest BCUT2D eigenvalue weighted by Gasteiger charge is -2.26. The number of nitrogens with zero attached hydrogens (tertiary/aromatic N) is 1. The third-order valence-corrected chi connectivity index (χ3v) is 5.03. The minimum absolute atomic E-state index is 0.486. The van der Waals surface area contributed by atoms with Gasteiger partial charge >= 0.3 is 0 Å². The minimum Gasteiger partial charge on any atom is -0.380 e. The second-order valence-electron chi connectivity index (χ2n) is 7.51. The average molecular weight is 272 g/mol. The van der Waals surface area contributed by atoms with Gasteiger partial charge in [-0.1, -0.05) is 32.9 Å². The molecule has 0 bridgehead atoms. The molecule has 2 fully saturated rings. The number of hydrogen-bond acceptors (Lipinski definition) is 2. The van der Waals surface area contributed by atoms with E-state index in [0.29, 0.717) is 11.5 Å². The number of nitrogens with one attached hydrogen (secondary N) is 1. The number of benzene rings is 1. The molecule has 2 atom stereocenters. The zero-order valence-electron chi connectivity index (χ0n) is 13.2. The van der Waals surface area contributed by atoms with Crippen molar-refractivity contribution >= 4 is 11.4 Å². The highest BCUT2D eigenvalue weighted by Gasteiger charge is 2.36. The van der Waals surface area contributed by atoms with Crippen molar-refractivity contribution in [2.75, 3.05) is 23.3 Å². The summed E-state index contributed by atoms with van der Waals surface area (Å²) in [4.78, 5) is 2.53. The third-order valence-electron chi connectivity index (χ3n) is 5.03. The molecule has 1 aromatic rings. The SMILES string of the molecule is CC1CC(C)(C)CC1Nc1ccccc1N1CCCC1. The van der Waals surface area contributed by atoms with E-state index < -0.39 is 0 Å². The molecule has 0 radical (unpaired) electrons. The summed E-state index contributed by atoms with van der Waals surface area (Å²) in [7, 11) is 0. The van der Waals surface area contributed by atoms with Gasteiger partial charge in [-0.15, -0.1) is 0 Å². The fourth-order valence-corrected chi connectivity index (χ4v) is 4.12. The Morgan fingerprint density at radius 1 is 1.10 bits per heavy atom. The summed E-state index contributed by atoms with van der Waals surface area (Å²) in [6.45, 7) is 9.62. The maximum absolute atomic E-state index is 3.85. The van der Waals surface area contributed by atoms with Crippen molar-refractivity contribution in [3.05, 3.63) is 24.3 Å². The van der Waals surface area contributed by atoms with Gasteiger partial charge in [0.25, 0.3) is 0 Å². The highest BCUT2D eigenvalue weighted by molar-refractivity contribution is 5.70. The van der Waals surface area contributed by atoms with Crippen molar-refractivity contribution in [3.63, 3.8) is 0 Å². The van der Waals surface area contributed by atoms with E-state index in [1.54, 1.807) is 0 Å². The van der Waals surface area contributed by atoms with Crippen LogP contribution >= 0.6 is 0 Å². The first-order chi connectivity index (χ1) is 9.55. The predicted octanol–water partition coefficient (Wildman–Crippen LogP) is 4.52. The van der Waals surface area contributed by atoms with Crippen molar-refractivity contribution in [3.8, 4) is 0 Å². The van der Waals surface area contributed by atoms with E-state index >= 15 is 0 Å². The number of hydrogen-bond donors (Lipinski definition) is 1. The van der Waals surface area contributed by atoms with Gasteiger partial charge in [0.1, 0.15) is 0 Å². The molecule has 20 heavy (non-hydrogen) atoms. The molecular weight excluding hydrogens is 244 g/mol. The summed E-state index contributed by atoms with van der Waals surface area (Å²) in [5.74, 6) is 0.761. The van der Waals surface area contributed by atoms with E-state index in [1.807, 2.05) is 0 Å². The molecule has 1 aromatic carbocycles. The Balaban J connectivity index is 1.77. The Bertz CT molecular complexity index is 460. The molecule has 0 amide bonds. The van der Waals surface area contributed by atoms with Gasteiger partial charge in [0.15, 0.2) is 0 Å². The van der Waals surface area contributed by atoms with E-state index in [1.165, 1.54) is 50.1 Å². The van der Waals surface area contributed by atoms with E-state index in [0.717, 1.165) is 5.92 Å². The predicted molar refractivity (Wildman–Crippen MR) is 87.5 cm³/mol. The molecule has 1 saturated heterocycles. The molecule has 1 heterocycles. The molecule has 3 rings (SSSR count). The molecular formula is C18H28N2. The quantitative estimate of drug-likeness (QED) is 0.870. The van der Waals surface area contributed by atoms with Crippen LogP contribution in [0.15, 0.2) is 24.3 Å². The van der Waals surface area contributed by atoms with Crippen LogP contribution in [0.25, 0.3) is 0 Å². The molecule has 2 aliphatic rings. The molecule has 2 nitrogen and oxygen atoms in total. The second-order valence-corrected chi connectivity index (χ2v) is 7.51. The van der Waals surface area contributed by atoms with E-state index in [-0.39, 0.29) is 0 Å². The highest BCUT2D eigenvalue weighted by Crippen LogP contribution is 2.43. The lowest BCUT2D eigenvalue weighted by molar-refractivity contribution is 0.366. The van der Waals surface area contributed by atoms with Gasteiger partial charge in [0, 0.05) is 19.1 Å². The van der Waals surface area contributed by atoms with Crippen LogP contribution in [0.1, 0.15) is 46.5 Å². The summed E-state index contributed by atoms with van der Waals surface area (Å²) >= 11 is 0. The van der Waals surface area contributed by atoms with Crippen molar-refractivity contribution in [2.24, 2.45) is 11.3 Å². The summed E-state index contributed by atoms with van der Waals surface area (Å²) in [6, 6.07) is 9.48. The minimum atomic E-state index is 0.486. The van der Waals surface area contributed by atoms with Crippen LogP contribution in [-0.4, -0.2) is 19.1 Å². The average Bonchev–Trinajstić information content (AvgIpc) is 2.99. The van der Waals surface area contributed by atoms with Crippen LogP contribution in [0.2, 0.25) is 0 Å². The Kier molecular flexibility index (Phi) is 3.66. The van der Waals surface area contributed by atoms with E-state index in [2.05, 4.69) is 55.3 Å². The van der Waals surface area contributed by atoms with Crippen LogP contribution < -0.4 is 10.2 Å². The zero-order chi connectivity index (χ0) is 14.2. The van der Waals surface area contributed by atoms with E-state index in [4.69, 9.17) is 0 Å². The topological polar surface area (TPSA) is 15.3 Å². The fraction of sp³-hybridized carbons (Fsp3) is 0.667. The van der Waals surface area contributed by atoms with E-state index in [9.17, 15) is 0 Å². The standard InChI is InChI=1S/C18H28N2/c1-14-12-18(2,3)13-16(14)19-15-8-4-5-9-17(15)20-10-6-7-11-20/h4-5,8-9,14,16,19H,6-7,10-13H2,1-3H3. The number of para-hydroxylation sites is 2. The number of anilines is 2. The van der Waals surface area contributed by atoms with Crippen molar-refractivity contribution in [1.82, 2.24) is 0 Å². The van der Waals surface area contributed by atoms with Crippen LogP contribution in [0.3, 0.4) is 0 Å². The van der Waals surface area contributed by atoms with Crippen LogP contribution in [0.4, 0.5) is 11.4 Å². The largest absolute Gasteiger partial charge is 0.380 e. The molecule has 1 N–H and O–H groups in total. The lowest BCUT2D eigenvalue weighted by atomic mass is 9.91. The molecule has 2 heteroatoms. The smallest absolute Gasteiger partial charge is 0.0602 e. The summed E-state index contributed by atoms with van der Waals surface area (Å²) < 4.78 is 0. The molecule has 1 aliphatic heterocycles. The Morgan fingerprint density at radius 3 is 2.45 bits per heavy atom. The second kappa shape index (κ2) is 5.31. The van der Waals surface area contributed by atoms with Crippen molar-refractivity contribution in [1.29, 1.82) is 0 Å². The maximum atomic E-state index is 3.85. The van der Waals surface area contributed by atoms with Gasteiger partial charge in [-0.25, -0.2) is 0 Å². The zero-order valence-corrected chi connectivity index (χ0v) is 13.2.